The number of aryl methyl sites for hydroxylation is 1. The molecule has 2 N–H and O–H groups in total. The van der Waals surface area contributed by atoms with E-state index >= 15 is 0 Å². The number of likely N-dealkylation sites (tertiary alicyclic amines) is 1. The Labute approximate surface area is 188 Å². The number of H-pyrrole nitrogens is 1. The Hall–Kier alpha value is -1.76. The minimum Gasteiger partial charge on any atom is -0.382 e. The van der Waals surface area contributed by atoms with Gasteiger partial charge in [-0.2, -0.15) is 5.10 Å². The van der Waals surface area contributed by atoms with Gasteiger partial charge in [-0.3, -0.25) is 5.10 Å². The van der Waals surface area contributed by atoms with E-state index in [0.29, 0.717) is 12.5 Å². The molecule has 0 unspecified atom stereocenters. The fourth-order valence-corrected chi connectivity index (χ4v) is 3.30. The van der Waals surface area contributed by atoms with Gasteiger partial charge in [0.15, 0.2) is 11.8 Å². The fraction of sp³-hybridized carbons (Fsp3) is 0.722. The van der Waals surface area contributed by atoms with E-state index in [1.165, 1.54) is 0 Å². The number of nitrogens with zero attached hydrogens (tertiary/aromatic N) is 7. The first kappa shape index (κ1) is 23.5. The van der Waals surface area contributed by atoms with Crippen molar-refractivity contribution in [1.29, 1.82) is 0 Å². The molecule has 1 aliphatic heterocycles. The molecule has 2 aromatic heterocycles. The van der Waals surface area contributed by atoms with Crippen molar-refractivity contribution >= 4 is 29.9 Å². The topological polar surface area (TPSA) is 109 Å². The molecule has 0 bridgehead atoms. The zero-order valence-electron chi connectivity index (χ0n) is 17.5. The molecule has 0 radical (unpaired) electrons. The van der Waals surface area contributed by atoms with E-state index in [0.717, 1.165) is 75.5 Å². The number of rotatable bonds is 8. The summed E-state index contributed by atoms with van der Waals surface area (Å²) in [5.74, 6) is 4.09. The molecular weight excluding hydrogens is 485 g/mol. The second-order valence-electron chi connectivity index (χ2n) is 6.97. The van der Waals surface area contributed by atoms with E-state index in [9.17, 15) is 0 Å². The quantitative estimate of drug-likeness (QED) is 0.237. The zero-order chi connectivity index (χ0) is 19.8. The molecule has 1 fully saturated rings. The Morgan fingerprint density at radius 2 is 2.14 bits per heavy atom. The Morgan fingerprint density at radius 3 is 2.76 bits per heavy atom. The molecule has 1 saturated heterocycles. The number of aromatic nitrogens is 6. The number of hydrogen-bond donors (Lipinski definition) is 2. The Bertz CT molecular complexity index is 739. The molecular formula is C18H32IN9O. The maximum Gasteiger partial charge on any atom is 0.194 e. The van der Waals surface area contributed by atoms with Crippen LogP contribution in [0, 0.1) is 6.92 Å². The number of ether oxygens (including phenoxy) is 1. The maximum absolute atomic E-state index is 5.43. The molecule has 0 spiro atoms. The largest absolute Gasteiger partial charge is 0.382 e. The third-order valence-corrected chi connectivity index (χ3v) is 5.12. The monoisotopic (exact) mass is 517 g/mol. The highest BCUT2D eigenvalue weighted by Gasteiger charge is 2.24. The average Bonchev–Trinajstić information content (AvgIpc) is 3.36. The smallest absolute Gasteiger partial charge is 0.194 e. The molecule has 3 rings (SSSR count). The van der Waals surface area contributed by atoms with Gasteiger partial charge in [-0.25, -0.2) is 9.98 Å². The lowest BCUT2D eigenvalue weighted by Crippen LogP contribution is -2.46. The van der Waals surface area contributed by atoms with Crippen LogP contribution in [-0.2, 0) is 18.3 Å². The van der Waals surface area contributed by atoms with Gasteiger partial charge in [-0.05, 0) is 33.1 Å². The van der Waals surface area contributed by atoms with Crippen molar-refractivity contribution < 1.29 is 4.74 Å². The lowest BCUT2D eigenvalue weighted by Gasteiger charge is -2.33. The number of piperidine rings is 1. The molecule has 0 atom stereocenters. The summed E-state index contributed by atoms with van der Waals surface area (Å²) < 4.78 is 7.41. The molecule has 2 aromatic rings. The minimum absolute atomic E-state index is 0. The van der Waals surface area contributed by atoms with Crippen molar-refractivity contribution in [3.05, 3.63) is 23.8 Å². The summed E-state index contributed by atoms with van der Waals surface area (Å²) in [6.07, 6.45) is 4.58. The lowest BCUT2D eigenvalue weighted by atomic mass is 9.96. The first-order chi connectivity index (χ1) is 13.7. The molecule has 0 amide bonds. The molecule has 1 aliphatic rings. The highest BCUT2D eigenvalue weighted by molar-refractivity contribution is 14.0. The lowest BCUT2D eigenvalue weighted by molar-refractivity contribution is 0.145. The van der Waals surface area contributed by atoms with Crippen molar-refractivity contribution in [3.63, 3.8) is 0 Å². The van der Waals surface area contributed by atoms with Gasteiger partial charge >= 0.3 is 0 Å². The van der Waals surface area contributed by atoms with Gasteiger partial charge in [0.1, 0.15) is 24.5 Å². The van der Waals surface area contributed by atoms with Crippen molar-refractivity contribution in [1.82, 2.24) is 40.2 Å². The molecule has 0 aromatic carbocycles. The van der Waals surface area contributed by atoms with Crippen molar-refractivity contribution in [2.75, 3.05) is 32.8 Å². The molecule has 162 valence electrons. The third kappa shape index (κ3) is 6.63. The summed E-state index contributed by atoms with van der Waals surface area (Å²) in [5, 5.41) is 18.8. The summed E-state index contributed by atoms with van der Waals surface area (Å²) in [4.78, 5) is 11.5. The summed E-state index contributed by atoms with van der Waals surface area (Å²) in [6.45, 7) is 8.67. The first-order valence-electron chi connectivity index (χ1n) is 10.00. The number of halogens is 1. The second kappa shape index (κ2) is 12.1. The van der Waals surface area contributed by atoms with Gasteiger partial charge in [0.05, 0.1) is 0 Å². The van der Waals surface area contributed by atoms with Crippen molar-refractivity contribution in [2.24, 2.45) is 12.0 Å². The first-order valence-corrected chi connectivity index (χ1v) is 10.00. The average molecular weight is 517 g/mol. The van der Waals surface area contributed by atoms with Crippen molar-refractivity contribution in [3.8, 4) is 0 Å². The van der Waals surface area contributed by atoms with Crippen LogP contribution in [0.1, 0.15) is 49.6 Å². The van der Waals surface area contributed by atoms with E-state index in [2.05, 4.69) is 35.6 Å². The predicted octanol–water partition coefficient (Wildman–Crippen LogP) is 1.61. The van der Waals surface area contributed by atoms with Crippen LogP contribution in [-0.4, -0.2) is 73.7 Å². The number of guanidine groups is 1. The normalized spacial score (nSPS) is 15.4. The van der Waals surface area contributed by atoms with E-state index < -0.39 is 0 Å². The van der Waals surface area contributed by atoms with Gasteiger partial charge in [-0.1, -0.05) is 0 Å². The highest BCUT2D eigenvalue weighted by atomic mass is 127. The number of aromatic amines is 1. The molecule has 0 saturated carbocycles. The fourth-order valence-electron chi connectivity index (χ4n) is 3.30. The van der Waals surface area contributed by atoms with E-state index in [1.807, 2.05) is 25.5 Å². The SMILES string of the molecule is CCOCCCNC(=NCc1nnc(C)n1C)N1CCC(c2ncn[nH]2)CC1.I. The maximum atomic E-state index is 5.43. The minimum atomic E-state index is 0. The number of nitrogens with one attached hydrogen (secondary N) is 2. The van der Waals surface area contributed by atoms with Gasteiger partial charge < -0.3 is 19.5 Å². The van der Waals surface area contributed by atoms with Crippen LogP contribution in [0.5, 0.6) is 0 Å². The van der Waals surface area contributed by atoms with Crippen LogP contribution in [0.4, 0.5) is 0 Å². The standard InChI is InChI=1S/C18H31N9O.HI/c1-4-28-11-5-8-19-18(20-12-16-24-23-14(2)26(16)3)27-9-6-15(7-10-27)17-21-13-22-25-17;/h13,15H,4-12H2,1-3H3,(H,19,20)(H,21,22,25);1H. The van der Waals surface area contributed by atoms with Crippen LogP contribution in [0.15, 0.2) is 11.3 Å². The van der Waals surface area contributed by atoms with Crippen LogP contribution in [0.3, 0.4) is 0 Å². The van der Waals surface area contributed by atoms with E-state index in [-0.39, 0.29) is 24.0 Å². The second-order valence-corrected chi connectivity index (χ2v) is 6.97. The molecule has 3 heterocycles. The molecule has 10 nitrogen and oxygen atoms in total. The predicted molar refractivity (Wildman–Crippen MR) is 121 cm³/mol. The van der Waals surface area contributed by atoms with E-state index in [1.54, 1.807) is 6.33 Å². The van der Waals surface area contributed by atoms with Gasteiger partial charge in [0, 0.05) is 45.8 Å². The summed E-state index contributed by atoms with van der Waals surface area (Å²) in [6, 6.07) is 0. The van der Waals surface area contributed by atoms with Crippen molar-refractivity contribution in [2.45, 2.75) is 45.6 Å². The molecule has 29 heavy (non-hydrogen) atoms. The summed E-state index contributed by atoms with van der Waals surface area (Å²) in [7, 11) is 1.97. The summed E-state index contributed by atoms with van der Waals surface area (Å²) in [5.41, 5.74) is 0. The Balaban J connectivity index is 0.00000300. The third-order valence-electron chi connectivity index (χ3n) is 5.12. The van der Waals surface area contributed by atoms with Crippen LogP contribution in [0.25, 0.3) is 0 Å². The Morgan fingerprint density at radius 1 is 1.34 bits per heavy atom. The summed E-state index contributed by atoms with van der Waals surface area (Å²) >= 11 is 0. The van der Waals surface area contributed by atoms with Crippen LogP contribution < -0.4 is 5.32 Å². The highest BCUT2D eigenvalue weighted by Crippen LogP contribution is 2.25. The number of hydrogen-bond acceptors (Lipinski definition) is 6. The van der Waals surface area contributed by atoms with Crippen LogP contribution in [0.2, 0.25) is 0 Å². The molecule has 0 aliphatic carbocycles. The van der Waals surface area contributed by atoms with E-state index in [4.69, 9.17) is 9.73 Å². The zero-order valence-corrected chi connectivity index (χ0v) is 19.8. The van der Waals surface area contributed by atoms with Gasteiger partial charge in [0.2, 0.25) is 0 Å². The molecule has 11 heteroatoms. The van der Waals surface area contributed by atoms with Crippen LogP contribution >= 0.6 is 24.0 Å². The Kier molecular flexibility index (Phi) is 9.78. The number of aliphatic imine (C=N–C) groups is 1. The van der Waals surface area contributed by atoms with Gasteiger partial charge in [0.25, 0.3) is 0 Å². The van der Waals surface area contributed by atoms with Gasteiger partial charge in [-0.15, -0.1) is 34.2 Å².